The molecule has 1 aliphatic heterocycles. The lowest BCUT2D eigenvalue weighted by Crippen LogP contribution is -2.29. The van der Waals surface area contributed by atoms with Crippen molar-refractivity contribution in [1.82, 2.24) is 15.1 Å². The number of hydrogen-bond acceptors (Lipinski definition) is 6. The van der Waals surface area contributed by atoms with Crippen molar-refractivity contribution in [3.63, 3.8) is 0 Å². The van der Waals surface area contributed by atoms with Crippen LogP contribution in [0.5, 0.6) is 5.75 Å². The van der Waals surface area contributed by atoms with Crippen molar-refractivity contribution in [1.29, 1.82) is 5.26 Å². The number of nitrogens with one attached hydrogen (secondary N) is 1. The number of methoxy groups -OCH3 is 2. The second kappa shape index (κ2) is 9.07. The van der Waals surface area contributed by atoms with E-state index in [2.05, 4.69) is 16.5 Å². The molecule has 1 aromatic carbocycles. The van der Waals surface area contributed by atoms with Crippen LogP contribution in [0.2, 0.25) is 0 Å². The maximum Gasteiger partial charge on any atom is 0.270 e. The van der Waals surface area contributed by atoms with Gasteiger partial charge in [-0.2, -0.15) is 10.4 Å². The van der Waals surface area contributed by atoms with Crippen LogP contribution in [0.4, 0.5) is 0 Å². The topological polar surface area (TPSA) is 98.4 Å². The summed E-state index contributed by atoms with van der Waals surface area (Å²) >= 11 is 0. The maximum absolute atomic E-state index is 13.1. The number of amides is 1. The molecule has 3 rings (SSSR count). The second-order valence-electron chi connectivity index (χ2n) is 7.04. The number of ether oxygens (including phenoxy) is 3. The minimum absolute atomic E-state index is 0.0164. The Morgan fingerprint density at radius 1 is 1.41 bits per heavy atom. The van der Waals surface area contributed by atoms with Crippen molar-refractivity contribution in [3.8, 4) is 11.8 Å². The van der Waals surface area contributed by atoms with Gasteiger partial charge in [-0.3, -0.25) is 9.48 Å². The Balaban J connectivity index is 1.86. The summed E-state index contributed by atoms with van der Waals surface area (Å²) in [4.78, 5) is 13.1. The number of fused-ring (bicyclic) bond motifs is 1. The van der Waals surface area contributed by atoms with E-state index < -0.39 is 0 Å². The second-order valence-corrected chi connectivity index (χ2v) is 7.04. The zero-order chi connectivity index (χ0) is 21.0. The summed E-state index contributed by atoms with van der Waals surface area (Å²) in [5, 5.41) is 16.6. The summed E-state index contributed by atoms with van der Waals surface area (Å²) in [7, 11) is 3.16. The molecule has 154 valence electrons. The molecule has 0 saturated heterocycles. The fourth-order valence-electron chi connectivity index (χ4n) is 3.61. The van der Waals surface area contributed by atoms with Crippen LogP contribution in [0.1, 0.15) is 52.8 Å². The summed E-state index contributed by atoms with van der Waals surface area (Å²) < 4.78 is 18.1. The van der Waals surface area contributed by atoms with E-state index in [9.17, 15) is 4.79 Å². The molecule has 0 aliphatic carbocycles. The highest BCUT2D eigenvalue weighted by atomic mass is 16.5. The molecule has 2 atom stereocenters. The van der Waals surface area contributed by atoms with E-state index in [1.165, 1.54) is 0 Å². The lowest BCUT2D eigenvalue weighted by Gasteiger charge is -2.24. The molecule has 0 radical (unpaired) electrons. The molecule has 1 aromatic heterocycles. The van der Waals surface area contributed by atoms with E-state index in [1.807, 2.05) is 13.8 Å². The van der Waals surface area contributed by atoms with Gasteiger partial charge in [0.2, 0.25) is 0 Å². The first-order chi connectivity index (χ1) is 14.0. The van der Waals surface area contributed by atoms with E-state index in [4.69, 9.17) is 19.5 Å². The minimum atomic E-state index is -0.206. The van der Waals surface area contributed by atoms with E-state index in [0.29, 0.717) is 36.6 Å². The maximum atomic E-state index is 13.1. The fraction of sp³-hybridized carbons (Fsp3) is 0.476. The molecule has 0 fully saturated rings. The molecule has 1 amide bonds. The molecule has 0 bridgehead atoms. The van der Waals surface area contributed by atoms with Crippen molar-refractivity contribution >= 4 is 5.91 Å². The summed E-state index contributed by atoms with van der Waals surface area (Å²) in [6, 6.07) is 7.23. The standard InChI is InChI=1S/C21H26N4O4/c1-13-9-17-19(14(2)29-13)24-25(7-8-27-3)20(17)21(26)23-12-16-6-5-15(11-22)10-18(16)28-4/h5-6,10,13-14H,7-9,12H2,1-4H3,(H,23,26)/t13-,14+/m0/s1. The molecular formula is C21H26N4O4. The first kappa shape index (κ1) is 20.8. The number of benzene rings is 1. The summed E-state index contributed by atoms with van der Waals surface area (Å²) in [5.41, 5.74) is 3.58. The molecule has 1 aliphatic rings. The van der Waals surface area contributed by atoms with Crippen molar-refractivity contribution in [3.05, 3.63) is 46.3 Å². The molecule has 29 heavy (non-hydrogen) atoms. The average molecular weight is 398 g/mol. The van der Waals surface area contributed by atoms with Crippen LogP contribution < -0.4 is 10.1 Å². The quantitative estimate of drug-likeness (QED) is 0.769. The number of rotatable bonds is 7. The van der Waals surface area contributed by atoms with Gasteiger partial charge in [-0.15, -0.1) is 0 Å². The van der Waals surface area contributed by atoms with Gasteiger partial charge in [-0.1, -0.05) is 6.07 Å². The molecule has 2 heterocycles. The number of carbonyl (C=O) groups is 1. The predicted molar refractivity (Wildman–Crippen MR) is 106 cm³/mol. The van der Waals surface area contributed by atoms with Crippen LogP contribution in [-0.2, 0) is 29.0 Å². The van der Waals surface area contributed by atoms with Gasteiger partial charge >= 0.3 is 0 Å². The smallest absolute Gasteiger partial charge is 0.270 e. The monoisotopic (exact) mass is 398 g/mol. The number of hydrogen-bond donors (Lipinski definition) is 1. The Hall–Kier alpha value is -2.89. The number of nitrogens with zero attached hydrogens (tertiary/aromatic N) is 3. The highest BCUT2D eigenvalue weighted by Crippen LogP contribution is 2.31. The van der Waals surface area contributed by atoms with Gasteiger partial charge in [0.25, 0.3) is 5.91 Å². The zero-order valence-corrected chi connectivity index (χ0v) is 17.2. The minimum Gasteiger partial charge on any atom is -0.496 e. The van der Waals surface area contributed by atoms with E-state index in [-0.39, 0.29) is 24.7 Å². The van der Waals surface area contributed by atoms with Gasteiger partial charge in [0, 0.05) is 31.2 Å². The third-order valence-corrected chi connectivity index (χ3v) is 4.97. The van der Waals surface area contributed by atoms with E-state index >= 15 is 0 Å². The molecule has 0 spiro atoms. The van der Waals surface area contributed by atoms with E-state index in [1.54, 1.807) is 37.1 Å². The van der Waals surface area contributed by atoms with Crippen LogP contribution in [0, 0.1) is 11.3 Å². The normalized spacial score (nSPS) is 18.0. The van der Waals surface area contributed by atoms with Crippen LogP contribution in [0.3, 0.4) is 0 Å². The zero-order valence-electron chi connectivity index (χ0n) is 17.2. The lowest BCUT2D eigenvalue weighted by molar-refractivity contribution is -0.00716. The lowest BCUT2D eigenvalue weighted by atomic mass is 9.99. The Kier molecular flexibility index (Phi) is 6.52. The summed E-state index contributed by atoms with van der Waals surface area (Å²) in [6.07, 6.45) is 0.487. The average Bonchev–Trinajstić information content (AvgIpc) is 3.08. The summed E-state index contributed by atoms with van der Waals surface area (Å²) in [6.45, 7) is 5.16. The van der Waals surface area contributed by atoms with Gasteiger partial charge in [-0.05, 0) is 26.0 Å². The summed E-state index contributed by atoms with van der Waals surface area (Å²) in [5.74, 6) is 0.359. The van der Waals surface area contributed by atoms with Gasteiger partial charge in [0.1, 0.15) is 11.4 Å². The van der Waals surface area contributed by atoms with Gasteiger partial charge < -0.3 is 19.5 Å². The molecule has 1 N–H and O–H groups in total. The first-order valence-electron chi connectivity index (χ1n) is 9.57. The Bertz CT molecular complexity index is 931. The molecule has 8 nitrogen and oxygen atoms in total. The SMILES string of the molecule is COCCn1nc2c(c1C(=O)NCc1ccc(C#N)cc1OC)C[C@H](C)O[C@@H]2C. The Labute approximate surface area is 170 Å². The van der Waals surface area contributed by atoms with Crippen molar-refractivity contribution in [2.24, 2.45) is 0 Å². The van der Waals surface area contributed by atoms with E-state index in [0.717, 1.165) is 16.8 Å². The third kappa shape index (κ3) is 4.42. The molecule has 0 saturated carbocycles. The molecule has 0 unspecified atom stereocenters. The van der Waals surface area contributed by atoms with Gasteiger partial charge in [0.15, 0.2) is 0 Å². The molecular weight excluding hydrogens is 372 g/mol. The predicted octanol–water partition coefficient (Wildman–Crippen LogP) is 2.36. The highest BCUT2D eigenvalue weighted by Gasteiger charge is 2.32. The Morgan fingerprint density at radius 3 is 2.90 bits per heavy atom. The first-order valence-corrected chi connectivity index (χ1v) is 9.57. The van der Waals surface area contributed by atoms with Crippen molar-refractivity contribution in [2.45, 2.75) is 45.6 Å². The van der Waals surface area contributed by atoms with Crippen molar-refractivity contribution < 1.29 is 19.0 Å². The van der Waals surface area contributed by atoms with Crippen LogP contribution in [0.25, 0.3) is 0 Å². The fourth-order valence-corrected chi connectivity index (χ4v) is 3.61. The van der Waals surface area contributed by atoms with Gasteiger partial charge in [-0.25, -0.2) is 0 Å². The number of nitriles is 1. The number of carbonyl (C=O) groups excluding carboxylic acids is 1. The molecule has 8 heteroatoms. The number of aromatic nitrogens is 2. The Morgan fingerprint density at radius 2 is 2.21 bits per heavy atom. The van der Waals surface area contributed by atoms with Gasteiger partial charge in [0.05, 0.1) is 49.8 Å². The largest absolute Gasteiger partial charge is 0.496 e. The van der Waals surface area contributed by atoms with Crippen LogP contribution in [0.15, 0.2) is 18.2 Å². The van der Waals surface area contributed by atoms with Crippen molar-refractivity contribution in [2.75, 3.05) is 20.8 Å². The highest BCUT2D eigenvalue weighted by molar-refractivity contribution is 5.94. The molecule has 2 aromatic rings. The third-order valence-electron chi connectivity index (χ3n) is 4.97. The van der Waals surface area contributed by atoms with Crippen LogP contribution >= 0.6 is 0 Å². The van der Waals surface area contributed by atoms with Crippen LogP contribution in [-0.4, -0.2) is 42.6 Å².